The van der Waals surface area contributed by atoms with Crippen LogP contribution in [0.15, 0.2) is 40.9 Å². The lowest BCUT2D eigenvalue weighted by molar-refractivity contribution is 0.0718. The van der Waals surface area contributed by atoms with Crippen molar-refractivity contribution in [2.45, 2.75) is 58.2 Å². The summed E-state index contributed by atoms with van der Waals surface area (Å²) in [7, 11) is 2.04. The van der Waals surface area contributed by atoms with Gasteiger partial charge in [-0.1, -0.05) is 55.3 Å². The van der Waals surface area contributed by atoms with Gasteiger partial charge < -0.3 is 9.42 Å². The van der Waals surface area contributed by atoms with Gasteiger partial charge in [0.15, 0.2) is 11.5 Å². The fourth-order valence-corrected chi connectivity index (χ4v) is 3.70. The summed E-state index contributed by atoms with van der Waals surface area (Å²) < 4.78 is 5.43. The molecule has 3 rings (SSSR count). The van der Waals surface area contributed by atoms with Crippen molar-refractivity contribution >= 4 is 5.91 Å². The van der Waals surface area contributed by atoms with E-state index in [4.69, 9.17) is 4.52 Å². The summed E-state index contributed by atoms with van der Waals surface area (Å²) in [6, 6.07) is 12.5. The average molecular weight is 355 g/mol. The van der Waals surface area contributed by atoms with Gasteiger partial charge in [-0.3, -0.25) is 9.69 Å². The van der Waals surface area contributed by atoms with Crippen molar-refractivity contribution in [1.29, 1.82) is 0 Å². The number of nitrogens with zero attached hydrogens (tertiary/aromatic N) is 3. The smallest absolute Gasteiger partial charge is 0.276 e. The van der Waals surface area contributed by atoms with Crippen molar-refractivity contribution in [1.82, 2.24) is 15.0 Å². The van der Waals surface area contributed by atoms with Crippen LogP contribution in [0.1, 0.15) is 60.8 Å². The lowest BCUT2D eigenvalue weighted by Gasteiger charge is -2.23. The van der Waals surface area contributed by atoms with E-state index in [1.165, 1.54) is 18.4 Å². The second-order valence-electron chi connectivity index (χ2n) is 7.27. The zero-order valence-corrected chi connectivity index (χ0v) is 15.9. The van der Waals surface area contributed by atoms with Gasteiger partial charge in [-0.25, -0.2) is 0 Å². The molecule has 0 spiro atoms. The highest BCUT2D eigenvalue weighted by Gasteiger charge is 2.30. The van der Waals surface area contributed by atoms with Gasteiger partial charge in [-0.05, 0) is 31.9 Å². The molecule has 0 N–H and O–H groups in total. The molecule has 5 heteroatoms. The maximum atomic E-state index is 12.8. The van der Waals surface area contributed by atoms with Crippen LogP contribution in [0.4, 0.5) is 0 Å². The maximum Gasteiger partial charge on any atom is 0.276 e. The minimum atomic E-state index is 0.0179. The number of likely N-dealkylation sites (tertiary alicyclic amines) is 1. The van der Waals surface area contributed by atoms with Gasteiger partial charge >= 0.3 is 0 Å². The summed E-state index contributed by atoms with van der Waals surface area (Å²) in [6.45, 7) is 4.49. The topological polar surface area (TPSA) is 49.6 Å². The predicted molar refractivity (Wildman–Crippen MR) is 102 cm³/mol. The third kappa shape index (κ3) is 4.73. The first-order valence-corrected chi connectivity index (χ1v) is 9.66. The number of unbranched alkanes of at least 4 members (excludes halogenated alkanes) is 1. The van der Waals surface area contributed by atoms with Gasteiger partial charge in [0, 0.05) is 25.2 Å². The molecule has 1 aliphatic heterocycles. The van der Waals surface area contributed by atoms with Gasteiger partial charge in [0.2, 0.25) is 0 Å². The monoisotopic (exact) mass is 355 g/mol. The third-order valence-corrected chi connectivity index (χ3v) is 5.03. The minimum absolute atomic E-state index is 0.0179. The van der Waals surface area contributed by atoms with E-state index in [1.807, 2.05) is 30.1 Å². The molecule has 2 aromatic rings. The van der Waals surface area contributed by atoms with E-state index in [1.54, 1.807) is 6.07 Å². The molecule has 0 bridgehead atoms. The normalized spacial score (nSPS) is 17.2. The molecule has 26 heavy (non-hydrogen) atoms. The van der Waals surface area contributed by atoms with Crippen LogP contribution < -0.4 is 0 Å². The lowest BCUT2D eigenvalue weighted by Crippen LogP contribution is -2.35. The predicted octanol–water partition coefficient (Wildman–Crippen LogP) is 4.10. The van der Waals surface area contributed by atoms with Crippen molar-refractivity contribution in [3.63, 3.8) is 0 Å². The first kappa shape index (κ1) is 18.6. The Kier molecular flexibility index (Phi) is 6.45. The standard InChI is InChI=1S/C21H29N3O2/c1-3-4-11-18-12-8-13-24(18)21(25)20-14-19(26-22-20)16-23(2)15-17-9-6-5-7-10-17/h5-7,9-10,14,18H,3-4,8,11-13,15-16H2,1-2H3. The Morgan fingerprint density at radius 3 is 2.88 bits per heavy atom. The van der Waals surface area contributed by atoms with Crippen LogP contribution in [-0.2, 0) is 13.1 Å². The van der Waals surface area contributed by atoms with E-state index in [0.717, 1.165) is 38.1 Å². The van der Waals surface area contributed by atoms with Crippen LogP contribution >= 0.6 is 0 Å². The van der Waals surface area contributed by atoms with E-state index in [2.05, 4.69) is 29.1 Å². The van der Waals surface area contributed by atoms with Gasteiger partial charge in [0.05, 0.1) is 6.54 Å². The van der Waals surface area contributed by atoms with Gasteiger partial charge in [-0.15, -0.1) is 0 Å². The minimum Gasteiger partial charge on any atom is -0.359 e. The molecule has 1 amide bonds. The fraction of sp³-hybridized carbons (Fsp3) is 0.524. The summed E-state index contributed by atoms with van der Waals surface area (Å²) in [5, 5.41) is 4.04. The number of carbonyl (C=O) groups is 1. The van der Waals surface area contributed by atoms with E-state index in [-0.39, 0.29) is 5.91 Å². The Morgan fingerprint density at radius 1 is 1.31 bits per heavy atom. The molecule has 0 aliphatic carbocycles. The number of benzene rings is 1. The number of rotatable bonds is 8. The summed E-state index contributed by atoms with van der Waals surface area (Å²) in [5.74, 6) is 0.750. The summed E-state index contributed by atoms with van der Waals surface area (Å²) in [5.41, 5.74) is 1.69. The van der Waals surface area contributed by atoms with E-state index >= 15 is 0 Å². The van der Waals surface area contributed by atoms with Crippen molar-refractivity contribution in [3.05, 3.63) is 53.4 Å². The molecule has 0 radical (unpaired) electrons. The molecule has 2 heterocycles. The Bertz CT molecular complexity index is 698. The molecular formula is C21H29N3O2. The van der Waals surface area contributed by atoms with Gasteiger partial charge in [0.1, 0.15) is 0 Å². The molecule has 1 unspecified atom stereocenters. The molecular weight excluding hydrogens is 326 g/mol. The zero-order valence-electron chi connectivity index (χ0n) is 15.9. The molecule has 1 aromatic carbocycles. The summed E-state index contributed by atoms with van der Waals surface area (Å²) >= 11 is 0. The number of hydrogen-bond acceptors (Lipinski definition) is 4. The largest absolute Gasteiger partial charge is 0.359 e. The Morgan fingerprint density at radius 2 is 2.12 bits per heavy atom. The number of carbonyl (C=O) groups excluding carboxylic acids is 1. The van der Waals surface area contributed by atoms with E-state index in [9.17, 15) is 4.79 Å². The van der Waals surface area contributed by atoms with Crippen LogP contribution in [0.5, 0.6) is 0 Å². The van der Waals surface area contributed by atoms with Gasteiger partial charge in [-0.2, -0.15) is 0 Å². The SMILES string of the molecule is CCCCC1CCCN1C(=O)c1cc(CN(C)Cc2ccccc2)on1. The highest BCUT2D eigenvalue weighted by atomic mass is 16.5. The molecule has 1 saturated heterocycles. The number of aromatic nitrogens is 1. The fourth-order valence-electron chi connectivity index (χ4n) is 3.70. The van der Waals surface area contributed by atoms with Crippen LogP contribution in [0.3, 0.4) is 0 Å². The number of amides is 1. The molecule has 0 saturated carbocycles. The second-order valence-corrected chi connectivity index (χ2v) is 7.27. The van der Waals surface area contributed by atoms with Crippen LogP contribution in [0, 0.1) is 0 Å². The first-order chi connectivity index (χ1) is 12.7. The average Bonchev–Trinajstić information content (AvgIpc) is 3.29. The highest BCUT2D eigenvalue weighted by Crippen LogP contribution is 2.24. The maximum absolute atomic E-state index is 12.8. The quantitative estimate of drug-likeness (QED) is 0.715. The molecule has 1 aromatic heterocycles. The molecule has 1 aliphatic rings. The van der Waals surface area contributed by atoms with E-state index < -0.39 is 0 Å². The zero-order chi connectivity index (χ0) is 18.4. The van der Waals surface area contributed by atoms with Crippen LogP contribution in [0.25, 0.3) is 0 Å². The van der Waals surface area contributed by atoms with Crippen molar-refractivity contribution in [2.75, 3.05) is 13.6 Å². The summed E-state index contributed by atoms with van der Waals surface area (Å²) in [4.78, 5) is 16.9. The first-order valence-electron chi connectivity index (χ1n) is 9.66. The molecule has 5 nitrogen and oxygen atoms in total. The number of hydrogen-bond donors (Lipinski definition) is 0. The Hall–Kier alpha value is -2.14. The highest BCUT2D eigenvalue weighted by molar-refractivity contribution is 5.92. The summed E-state index contributed by atoms with van der Waals surface area (Å²) in [6.07, 6.45) is 5.62. The van der Waals surface area contributed by atoms with Crippen LogP contribution in [0.2, 0.25) is 0 Å². The molecule has 1 fully saturated rings. The van der Waals surface area contributed by atoms with Gasteiger partial charge in [0.25, 0.3) is 5.91 Å². The van der Waals surface area contributed by atoms with E-state index in [0.29, 0.717) is 18.3 Å². The van der Waals surface area contributed by atoms with Crippen LogP contribution in [-0.4, -0.2) is 40.5 Å². The lowest BCUT2D eigenvalue weighted by atomic mass is 10.1. The van der Waals surface area contributed by atoms with Crippen molar-refractivity contribution in [2.24, 2.45) is 0 Å². The second kappa shape index (κ2) is 8.99. The third-order valence-electron chi connectivity index (χ3n) is 5.03. The Labute approximate surface area is 156 Å². The molecule has 1 atom stereocenters. The van der Waals surface area contributed by atoms with Crippen molar-refractivity contribution < 1.29 is 9.32 Å². The molecule has 140 valence electrons. The van der Waals surface area contributed by atoms with Crippen molar-refractivity contribution in [3.8, 4) is 0 Å². The Balaban J connectivity index is 1.57.